The molecule has 0 atom stereocenters. The van der Waals surface area contributed by atoms with E-state index >= 15 is 0 Å². The summed E-state index contributed by atoms with van der Waals surface area (Å²) in [6, 6.07) is 0.974. The molecule has 1 saturated carbocycles. The largest absolute Gasteiger partial charge is 0.317 e. The molecule has 2 saturated heterocycles. The summed E-state index contributed by atoms with van der Waals surface area (Å²) < 4.78 is 0. The van der Waals surface area contributed by atoms with Crippen molar-refractivity contribution in [2.45, 2.75) is 44.6 Å². The van der Waals surface area contributed by atoms with Crippen LogP contribution in [0.15, 0.2) is 0 Å². The molecule has 0 unspecified atom stereocenters. The van der Waals surface area contributed by atoms with Gasteiger partial charge in [0.15, 0.2) is 0 Å². The fraction of sp³-hybridized carbons (Fsp3) is 1.00. The van der Waals surface area contributed by atoms with Crippen LogP contribution in [0, 0.1) is 5.92 Å². The first kappa shape index (κ1) is 12.9. The highest BCUT2D eigenvalue weighted by Crippen LogP contribution is 2.27. The lowest BCUT2D eigenvalue weighted by Gasteiger charge is -2.35. The minimum absolute atomic E-state index is 0.974. The number of piperidine rings is 1. The van der Waals surface area contributed by atoms with Crippen molar-refractivity contribution in [1.29, 1.82) is 0 Å². The number of nitrogens with zero attached hydrogens (tertiary/aromatic N) is 2. The van der Waals surface area contributed by atoms with Crippen LogP contribution in [-0.2, 0) is 0 Å². The van der Waals surface area contributed by atoms with Gasteiger partial charge in [0.05, 0.1) is 0 Å². The molecule has 1 aliphatic carbocycles. The Morgan fingerprint density at radius 3 is 2.28 bits per heavy atom. The summed E-state index contributed by atoms with van der Waals surface area (Å²) in [5.41, 5.74) is 0. The fourth-order valence-corrected chi connectivity index (χ4v) is 3.57. The van der Waals surface area contributed by atoms with E-state index in [4.69, 9.17) is 0 Å². The van der Waals surface area contributed by atoms with E-state index in [1.54, 1.807) is 0 Å². The van der Waals surface area contributed by atoms with Crippen molar-refractivity contribution in [2.75, 3.05) is 45.8 Å². The molecule has 3 nitrogen and oxygen atoms in total. The van der Waals surface area contributed by atoms with Gasteiger partial charge in [-0.15, -0.1) is 0 Å². The lowest BCUT2D eigenvalue weighted by molar-refractivity contribution is 0.123. The van der Waals surface area contributed by atoms with Crippen LogP contribution in [-0.4, -0.2) is 61.7 Å². The Labute approximate surface area is 112 Å². The second-order valence-electron chi connectivity index (χ2n) is 6.44. The van der Waals surface area contributed by atoms with Gasteiger partial charge in [0, 0.05) is 32.2 Å². The highest BCUT2D eigenvalue weighted by Gasteiger charge is 2.30. The van der Waals surface area contributed by atoms with Crippen LogP contribution in [0.25, 0.3) is 0 Å². The summed E-state index contributed by atoms with van der Waals surface area (Å²) in [5.74, 6) is 1.01. The standard InChI is InChI=1S/C15H29N3/c1(2-14-5-7-16-8-6-14)9-17-10-12-18(13-11-17)15-3-4-15/h14-16H,1-13H2. The number of nitrogens with one attached hydrogen (secondary N) is 1. The number of hydrogen-bond donors (Lipinski definition) is 1. The van der Waals surface area contributed by atoms with E-state index in [2.05, 4.69) is 15.1 Å². The smallest absolute Gasteiger partial charge is 0.0113 e. The van der Waals surface area contributed by atoms with Crippen molar-refractivity contribution in [3.63, 3.8) is 0 Å². The zero-order valence-electron chi connectivity index (χ0n) is 11.7. The number of rotatable bonds is 5. The molecule has 2 aliphatic heterocycles. The van der Waals surface area contributed by atoms with Crippen LogP contribution in [0.5, 0.6) is 0 Å². The van der Waals surface area contributed by atoms with Gasteiger partial charge < -0.3 is 10.2 Å². The van der Waals surface area contributed by atoms with E-state index in [1.807, 2.05) is 0 Å². The highest BCUT2D eigenvalue weighted by atomic mass is 15.3. The molecule has 3 aliphatic rings. The van der Waals surface area contributed by atoms with E-state index in [0.717, 1.165) is 12.0 Å². The molecule has 0 amide bonds. The highest BCUT2D eigenvalue weighted by molar-refractivity contribution is 4.87. The molecule has 3 fully saturated rings. The van der Waals surface area contributed by atoms with Gasteiger partial charge >= 0.3 is 0 Å². The van der Waals surface area contributed by atoms with Crippen molar-refractivity contribution >= 4 is 0 Å². The van der Waals surface area contributed by atoms with Gasteiger partial charge in [0.1, 0.15) is 0 Å². The molecule has 3 rings (SSSR count). The number of hydrogen-bond acceptors (Lipinski definition) is 3. The molecule has 18 heavy (non-hydrogen) atoms. The Hall–Kier alpha value is -0.120. The maximum absolute atomic E-state index is 3.46. The minimum atomic E-state index is 0.974. The first-order valence-electron chi connectivity index (χ1n) is 8.09. The van der Waals surface area contributed by atoms with Crippen LogP contribution in [0.4, 0.5) is 0 Å². The first-order valence-corrected chi connectivity index (χ1v) is 8.09. The van der Waals surface area contributed by atoms with Crippen LogP contribution in [0.2, 0.25) is 0 Å². The summed E-state index contributed by atoms with van der Waals surface area (Å²) >= 11 is 0. The quantitative estimate of drug-likeness (QED) is 0.800. The summed E-state index contributed by atoms with van der Waals surface area (Å²) in [4.78, 5) is 5.41. The van der Waals surface area contributed by atoms with Crippen molar-refractivity contribution in [1.82, 2.24) is 15.1 Å². The molecule has 3 heteroatoms. The Kier molecular flexibility index (Phi) is 4.55. The predicted molar refractivity (Wildman–Crippen MR) is 75.9 cm³/mol. The summed E-state index contributed by atoms with van der Waals surface area (Å²) in [5, 5.41) is 3.46. The van der Waals surface area contributed by atoms with Gasteiger partial charge in [-0.2, -0.15) is 0 Å². The second kappa shape index (κ2) is 6.36. The van der Waals surface area contributed by atoms with Crippen molar-refractivity contribution in [3.8, 4) is 0 Å². The summed E-state index contributed by atoms with van der Waals surface area (Å²) in [7, 11) is 0. The molecule has 2 heterocycles. The molecule has 0 bridgehead atoms. The molecule has 104 valence electrons. The Balaban J connectivity index is 1.27. The zero-order chi connectivity index (χ0) is 12.2. The van der Waals surface area contributed by atoms with Crippen LogP contribution in [0.3, 0.4) is 0 Å². The third-order valence-corrected chi connectivity index (χ3v) is 5.02. The average Bonchev–Trinajstić information content (AvgIpc) is 3.25. The molecular weight excluding hydrogens is 222 g/mol. The SMILES string of the molecule is C(CC1CCNCC1)CN1CCN(C2CC2)CC1. The topological polar surface area (TPSA) is 18.5 Å². The Morgan fingerprint density at radius 2 is 1.61 bits per heavy atom. The number of piperazine rings is 1. The van der Waals surface area contributed by atoms with Crippen LogP contribution < -0.4 is 5.32 Å². The molecule has 1 N–H and O–H groups in total. The van der Waals surface area contributed by atoms with Crippen molar-refractivity contribution < 1.29 is 0 Å². The summed E-state index contributed by atoms with van der Waals surface area (Å²) in [6.45, 7) is 9.17. The average molecular weight is 251 g/mol. The van der Waals surface area contributed by atoms with Gasteiger partial charge in [0.25, 0.3) is 0 Å². The lowest BCUT2D eigenvalue weighted by Crippen LogP contribution is -2.47. The Morgan fingerprint density at radius 1 is 0.889 bits per heavy atom. The van der Waals surface area contributed by atoms with E-state index in [-0.39, 0.29) is 0 Å². The maximum atomic E-state index is 3.46. The van der Waals surface area contributed by atoms with E-state index in [9.17, 15) is 0 Å². The fourth-order valence-electron chi connectivity index (χ4n) is 3.57. The molecule has 0 aromatic carbocycles. The molecular formula is C15H29N3. The molecule has 0 radical (unpaired) electrons. The van der Waals surface area contributed by atoms with E-state index in [1.165, 1.54) is 84.3 Å². The molecule has 0 aromatic rings. The predicted octanol–water partition coefficient (Wildman–Crippen LogP) is 1.55. The second-order valence-corrected chi connectivity index (χ2v) is 6.44. The minimum Gasteiger partial charge on any atom is -0.317 e. The van der Waals surface area contributed by atoms with E-state index in [0.29, 0.717) is 0 Å². The molecule has 0 spiro atoms. The zero-order valence-corrected chi connectivity index (χ0v) is 11.7. The third-order valence-electron chi connectivity index (χ3n) is 5.02. The van der Waals surface area contributed by atoms with Crippen molar-refractivity contribution in [2.24, 2.45) is 5.92 Å². The lowest BCUT2D eigenvalue weighted by atomic mass is 9.93. The maximum Gasteiger partial charge on any atom is 0.0113 e. The van der Waals surface area contributed by atoms with Gasteiger partial charge in [0.2, 0.25) is 0 Å². The van der Waals surface area contributed by atoms with Gasteiger partial charge in [-0.25, -0.2) is 0 Å². The first-order chi connectivity index (χ1) is 8.92. The van der Waals surface area contributed by atoms with Crippen molar-refractivity contribution in [3.05, 3.63) is 0 Å². The Bertz CT molecular complexity index is 238. The van der Waals surface area contributed by atoms with Crippen LogP contribution in [0.1, 0.15) is 38.5 Å². The van der Waals surface area contributed by atoms with Gasteiger partial charge in [-0.05, 0) is 64.1 Å². The summed E-state index contributed by atoms with van der Waals surface area (Å²) in [6.07, 6.45) is 8.65. The van der Waals surface area contributed by atoms with Gasteiger partial charge in [-0.1, -0.05) is 0 Å². The van der Waals surface area contributed by atoms with E-state index < -0.39 is 0 Å². The molecule has 0 aromatic heterocycles. The normalized spacial score (nSPS) is 28.7. The monoisotopic (exact) mass is 251 g/mol. The van der Waals surface area contributed by atoms with Crippen LogP contribution >= 0.6 is 0 Å². The van der Waals surface area contributed by atoms with Gasteiger partial charge in [-0.3, -0.25) is 4.90 Å². The third kappa shape index (κ3) is 3.69.